The molecule has 0 amide bonds. The number of rotatable bonds is 5. The minimum atomic E-state index is -0.490. The molecule has 0 saturated heterocycles. The van der Waals surface area contributed by atoms with Crippen LogP contribution < -0.4 is 9.47 Å². The zero-order chi connectivity index (χ0) is 20.1. The van der Waals surface area contributed by atoms with Gasteiger partial charge in [-0.15, -0.1) is 0 Å². The Hall–Kier alpha value is -3.40. The third-order valence-electron chi connectivity index (χ3n) is 5.22. The second kappa shape index (κ2) is 8.74. The second-order valence-electron chi connectivity index (χ2n) is 7.20. The van der Waals surface area contributed by atoms with E-state index in [1.807, 2.05) is 24.3 Å². The van der Waals surface area contributed by atoms with E-state index in [1.165, 1.54) is 12.8 Å². The number of hydrogen-bond donors (Lipinski definition) is 0. The Morgan fingerprint density at radius 3 is 1.72 bits per heavy atom. The zero-order valence-electron chi connectivity index (χ0n) is 16.0. The van der Waals surface area contributed by atoms with E-state index < -0.39 is 11.9 Å². The Labute approximate surface area is 170 Å². The first-order valence-corrected chi connectivity index (χ1v) is 9.89. The van der Waals surface area contributed by atoms with Crippen LogP contribution in [-0.4, -0.2) is 11.9 Å². The molecule has 4 rings (SSSR count). The van der Waals surface area contributed by atoms with Crippen molar-refractivity contribution in [3.8, 4) is 11.5 Å². The van der Waals surface area contributed by atoms with Crippen LogP contribution in [0.25, 0.3) is 0 Å². The Bertz CT molecular complexity index is 990. The summed E-state index contributed by atoms with van der Waals surface area (Å²) in [6.07, 6.45) is 4.65. The molecule has 1 saturated carbocycles. The number of carbonyl (C=O) groups is 2. The predicted octanol–water partition coefficient (Wildman–Crippen LogP) is 5.78. The summed E-state index contributed by atoms with van der Waals surface area (Å²) in [5.74, 6) is -0.0112. The molecule has 3 aromatic carbocycles. The topological polar surface area (TPSA) is 52.6 Å². The molecule has 0 unspecified atom stereocenters. The Balaban J connectivity index is 1.62. The van der Waals surface area contributed by atoms with Gasteiger partial charge in [-0.05, 0) is 60.7 Å². The molecule has 0 spiro atoms. The second-order valence-corrected chi connectivity index (χ2v) is 7.20. The van der Waals surface area contributed by atoms with E-state index in [0.717, 1.165) is 18.4 Å². The summed E-state index contributed by atoms with van der Waals surface area (Å²) in [4.78, 5) is 25.1. The van der Waals surface area contributed by atoms with E-state index in [2.05, 4.69) is 0 Å². The van der Waals surface area contributed by atoms with Crippen LogP contribution in [0.1, 0.15) is 57.9 Å². The summed E-state index contributed by atoms with van der Waals surface area (Å²) in [5.41, 5.74) is 1.99. The maximum atomic E-state index is 12.6. The first-order chi connectivity index (χ1) is 14.2. The summed E-state index contributed by atoms with van der Waals surface area (Å²) >= 11 is 0. The van der Waals surface area contributed by atoms with Crippen molar-refractivity contribution in [2.45, 2.75) is 31.6 Å². The minimum absolute atomic E-state index is 0.241. The first-order valence-electron chi connectivity index (χ1n) is 9.89. The van der Waals surface area contributed by atoms with Crippen LogP contribution in [0.2, 0.25) is 0 Å². The van der Waals surface area contributed by atoms with E-state index in [4.69, 9.17) is 9.47 Å². The molecule has 0 atom stereocenters. The molecular weight excluding hydrogens is 364 g/mol. The average molecular weight is 386 g/mol. The number of esters is 2. The lowest BCUT2D eigenvalue weighted by atomic mass is 9.97. The fourth-order valence-corrected chi connectivity index (χ4v) is 3.67. The molecule has 0 bridgehead atoms. The first kappa shape index (κ1) is 18.9. The highest BCUT2D eigenvalue weighted by Gasteiger charge is 2.21. The largest absolute Gasteiger partial charge is 0.419 e. The van der Waals surface area contributed by atoms with Gasteiger partial charge in [-0.2, -0.15) is 0 Å². The summed E-state index contributed by atoms with van der Waals surface area (Å²) in [7, 11) is 0. The Morgan fingerprint density at radius 1 is 0.655 bits per heavy atom. The summed E-state index contributed by atoms with van der Waals surface area (Å²) in [5, 5.41) is 0. The SMILES string of the molecule is O=C(Oc1ccc(C2CCCC2)cc1OC(=O)c1ccccc1)c1ccccc1. The van der Waals surface area contributed by atoms with E-state index >= 15 is 0 Å². The Morgan fingerprint density at radius 2 is 1.17 bits per heavy atom. The maximum Gasteiger partial charge on any atom is 0.343 e. The van der Waals surface area contributed by atoms with Crippen molar-refractivity contribution >= 4 is 11.9 Å². The van der Waals surface area contributed by atoms with Gasteiger partial charge in [0.1, 0.15) is 0 Å². The van der Waals surface area contributed by atoms with Gasteiger partial charge in [-0.3, -0.25) is 0 Å². The quantitative estimate of drug-likeness (QED) is 0.412. The van der Waals surface area contributed by atoms with Crippen molar-refractivity contribution in [3.05, 3.63) is 95.6 Å². The molecule has 0 heterocycles. The van der Waals surface area contributed by atoms with Gasteiger partial charge in [0.15, 0.2) is 11.5 Å². The van der Waals surface area contributed by atoms with Crippen LogP contribution >= 0.6 is 0 Å². The molecule has 4 heteroatoms. The van der Waals surface area contributed by atoms with Gasteiger partial charge in [0, 0.05) is 0 Å². The molecule has 146 valence electrons. The highest BCUT2D eigenvalue weighted by molar-refractivity contribution is 5.93. The van der Waals surface area contributed by atoms with Gasteiger partial charge in [0.05, 0.1) is 11.1 Å². The lowest BCUT2D eigenvalue weighted by molar-refractivity contribution is 0.0682. The van der Waals surface area contributed by atoms with Crippen LogP contribution in [0.3, 0.4) is 0 Å². The molecule has 3 aromatic rings. The van der Waals surface area contributed by atoms with Crippen LogP contribution in [0.15, 0.2) is 78.9 Å². The zero-order valence-corrected chi connectivity index (χ0v) is 16.0. The normalized spacial score (nSPS) is 13.8. The molecule has 0 N–H and O–H groups in total. The number of benzene rings is 3. The fraction of sp³-hybridized carbons (Fsp3) is 0.200. The van der Waals surface area contributed by atoms with Gasteiger partial charge < -0.3 is 9.47 Å². The monoisotopic (exact) mass is 386 g/mol. The smallest absolute Gasteiger partial charge is 0.343 e. The lowest BCUT2D eigenvalue weighted by Crippen LogP contribution is -2.13. The highest BCUT2D eigenvalue weighted by atomic mass is 16.6. The van der Waals surface area contributed by atoms with Crippen LogP contribution in [0.5, 0.6) is 11.5 Å². The molecule has 1 aliphatic rings. The maximum absolute atomic E-state index is 12.6. The van der Waals surface area contributed by atoms with Crippen molar-refractivity contribution in [3.63, 3.8) is 0 Å². The van der Waals surface area contributed by atoms with Crippen LogP contribution in [-0.2, 0) is 0 Å². The Kier molecular flexibility index (Phi) is 5.71. The molecule has 0 aromatic heterocycles. The number of ether oxygens (including phenoxy) is 2. The van der Waals surface area contributed by atoms with Crippen molar-refractivity contribution in [1.29, 1.82) is 0 Å². The van der Waals surface area contributed by atoms with Gasteiger partial charge >= 0.3 is 11.9 Å². The van der Waals surface area contributed by atoms with Gasteiger partial charge in [0.25, 0.3) is 0 Å². The summed E-state index contributed by atoms with van der Waals surface area (Å²) in [6, 6.07) is 23.1. The van der Waals surface area contributed by atoms with Crippen molar-refractivity contribution in [1.82, 2.24) is 0 Å². The van der Waals surface area contributed by atoms with Crippen LogP contribution in [0.4, 0.5) is 0 Å². The summed E-state index contributed by atoms with van der Waals surface area (Å²) in [6.45, 7) is 0. The minimum Gasteiger partial charge on any atom is -0.419 e. The van der Waals surface area contributed by atoms with Gasteiger partial charge in [0.2, 0.25) is 0 Å². The van der Waals surface area contributed by atoms with Crippen molar-refractivity contribution in [2.75, 3.05) is 0 Å². The number of carbonyl (C=O) groups excluding carboxylic acids is 2. The third-order valence-corrected chi connectivity index (χ3v) is 5.22. The van der Waals surface area contributed by atoms with E-state index in [0.29, 0.717) is 17.0 Å². The van der Waals surface area contributed by atoms with Crippen molar-refractivity contribution < 1.29 is 19.1 Å². The molecule has 0 radical (unpaired) electrons. The van der Waals surface area contributed by atoms with Crippen molar-refractivity contribution in [2.24, 2.45) is 0 Å². The molecule has 1 aliphatic carbocycles. The van der Waals surface area contributed by atoms with E-state index in [1.54, 1.807) is 54.6 Å². The molecule has 0 aliphatic heterocycles. The average Bonchev–Trinajstić information content (AvgIpc) is 3.31. The molecular formula is C25H22O4. The lowest BCUT2D eigenvalue weighted by Gasteiger charge is -2.15. The molecule has 4 nitrogen and oxygen atoms in total. The van der Waals surface area contributed by atoms with E-state index in [-0.39, 0.29) is 11.5 Å². The van der Waals surface area contributed by atoms with E-state index in [9.17, 15) is 9.59 Å². The number of hydrogen-bond acceptors (Lipinski definition) is 4. The highest BCUT2D eigenvalue weighted by Crippen LogP contribution is 2.38. The van der Waals surface area contributed by atoms with Crippen LogP contribution in [0, 0.1) is 0 Å². The molecule has 29 heavy (non-hydrogen) atoms. The summed E-state index contributed by atoms with van der Waals surface area (Å²) < 4.78 is 11.2. The molecule has 1 fully saturated rings. The fourth-order valence-electron chi connectivity index (χ4n) is 3.67. The third kappa shape index (κ3) is 4.54. The van der Waals surface area contributed by atoms with Gasteiger partial charge in [-0.25, -0.2) is 9.59 Å². The predicted molar refractivity (Wildman–Crippen MR) is 110 cm³/mol. The van der Waals surface area contributed by atoms with Gasteiger partial charge in [-0.1, -0.05) is 55.3 Å². The standard InChI is InChI=1S/C25H22O4/c26-24(19-11-3-1-4-12-19)28-22-16-15-21(18-9-7-8-10-18)17-23(22)29-25(27)20-13-5-2-6-14-20/h1-6,11-18H,7-10H2.